The third-order valence-corrected chi connectivity index (χ3v) is 8.97. The molecule has 0 radical (unpaired) electrons. The molecule has 2 aromatic carbocycles. The van der Waals surface area contributed by atoms with E-state index in [0.717, 1.165) is 40.6 Å². The van der Waals surface area contributed by atoms with E-state index in [1.807, 2.05) is 0 Å². The summed E-state index contributed by atoms with van der Waals surface area (Å²) in [5.74, 6) is 1.83. The van der Waals surface area contributed by atoms with Crippen molar-refractivity contribution in [1.82, 2.24) is 9.97 Å². The van der Waals surface area contributed by atoms with Gasteiger partial charge in [-0.2, -0.15) is 0 Å². The number of aromatic amines is 1. The average Bonchev–Trinajstić information content (AvgIpc) is 2.89. The van der Waals surface area contributed by atoms with Crippen molar-refractivity contribution in [1.29, 1.82) is 0 Å². The highest BCUT2D eigenvalue weighted by molar-refractivity contribution is 7.99. The van der Waals surface area contributed by atoms with E-state index in [1.165, 1.54) is 43.2 Å². The molecule has 35 heavy (non-hydrogen) atoms. The smallest absolute Gasteiger partial charge is 0.255 e. The number of rotatable bonds is 7. The van der Waals surface area contributed by atoms with Gasteiger partial charge in [-0.25, -0.2) is 4.98 Å². The van der Waals surface area contributed by atoms with Crippen LogP contribution in [0, 0.1) is 5.92 Å². The molecular weight excluding hydrogens is 448 g/mol. The van der Waals surface area contributed by atoms with Gasteiger partial charge in [-0.1, -0.05) is 112 Å². The predicted molar refractivity (Wildman–Crippen MR) is 147 cm³/mol. The minimum Gasteiger partial charge on any atom is -0.301 e. The zero-order chi connectivity index (χ0) is 24.3. The van der Waals surface area contributed by atoms with E-state index in [-0.39, 0.29) is 11.0 Å². The van der Waals surface area contributed by atoms with Crippen molar-refractivity contribution in [3.05, 3.63) is 93.8 Å². The molecule has 182 valence electrons. The minimum absolute atomic E-state index is 0.0572. The molecule has 3 aromatic rings. The second kappa shape index (κ2) is 10.6. The van der Waals surface area contributed by atoms with Crippen LogP contribution in [-0.4, -0.2) is 15.7 Å². The topological polar surface area (TPSA) is 45.8 Å². The van der Waals surface area contributed by atoms with Gasteiger partial charge in [-0.3, -0.25) is 4.79 Å². The number of benzene rings is 2. The molecule has 4 heteroatoms. The van der Waals surface area contributed by atoms with Crippen molar-refractivity contribution in [3.8, 4) is 11.3 Å². The van der Waals surface area contributed by atoms with Crippen LogP contribution in [0.4, 0.5) is 0 Å². The Bertz CT molecular complexity index is 1240. The van der Waals surface area contributed by atoms with E-state index < -0.39 is 0 Å². The van der Waals surface area contributed by atoms with Crippen LogP contribution in [0.25, 0.3) is 11.3 Å². The Morgan fingerprint density at radius 1 is 1.06 bits per heavy atom. The van der Waals surface area contributed by atoms with Crippen LogP contribution in [-0.2, 0) is 11.8 Å². The van der Waals surface area contributed by atoms with Crippen LogP contribution in [0.3, 0.4) is 0 Å². The summed E-state index contributed by atoms with van der Waals surface area (Å²) in [6, 6.07) is 19.2. The fourth-order valence-electron chi connectivity index (χ4n) is 6.14. The average molecular weight is 485 g/mol. The summed E-state index contributed by atoms with van der Waals surface area (Å²) in [6.45, 7) is 4.58. The highest BCUT2D eigenvalue weighted by Gasteiger charge is 2.44. The van der Waals surface area contributed by atoms with Crippen molar-refractivity contribution in [3.63, 3.8) is 0 Å². The lowest BCUT2D eigenvalue weighted by atomic mass is 9.60. The molecule has 1 aromatic heterocycles. The summed E-state index contributed by atoms with van der Waals surface area (Å²) in [7, 11) is 0. The Labute approximate surface area is 213 Å². The van der Waals surface area contributed by atoms with E-state index in [9.17, 15) is 4.79 Å². The lowest BCUT2D eigenvalue weighted by Gasteiger charge is -2.43. The van der Waals surface area contributed by atoms with Crippen LogP contribution in [0.5, 0.6) is 0 Å². The first-order chi connectivity index (χ1) is 17.1. The van der Waals surface area contributed by atoms with Crippen LogP contribution < -0.4 is 5.56 Å². The number of nitrogens with one attached hydrogen (secondary N) is 1. The summed E-state index contributed by atoms with van der Waals surface area (Å²) in [4.78, 5) is 21.8. The van der Waals surface area contributed by atoms with Gasteiger partial charge in [0.2, 0.25) is 0 Å². The fraction of sp³-hybridized carbons (Fsp3) is 0.419. The Morgan fingerprint density at radius 3 is 2.60 bits per heavy atom. The van der Waals surface area contributed by atoms with E-state index in [0.29, 0.717) is 11.8 Å². The van der Waals surface area contributed by atoms with Gasteiger partial charge < -0.3 is 4.98 Å². The van der Waals surface area contributed by atoms with Crippen molar-refractivity contribution in [2.24, 2.45) is 5.92 Å². The maximum Gasteiger partial charge on any atom is 0.255 e. The SMILES string of the molecule is C[C@H](C/C=C/CSc1nc2c(c(=O)[nH]1)[C@](C)(C1CCCCC1)Cc1ccccc1-2)c1ccccc1. The Hall–Kier alpha value is -2.59. The monoisotopic (exact) mass is 484 g/mol. The summed E-state index contributed by atoms with van der Waals surface area (Å²) in [5, 5.41) is 0.720. The molecule has 5 rings (SSSR count). The minimum atomic E-state index is -0.151. The maximum atomic E-state index is 13.6. The molecule has 3 nitrogen and oxygen atoms in total. The lowest BCUT2D eigenvalue weighted by molar-refractivity contribution is 0.213. The van der Waals surface area contributed by atoms with Gasteiger partial charge >= 0.3 is 0 Å². The Morgan fingerprint density at radius 2 is 1.80 bits per heavy atom. The summed E-state index contributed by atoms with van der Waals surface area (Å²) in [5.41, 5.74) is 5.56. The van der Waals surface area contributed by atoms with E-state index in [1.54, 1.807) is 11.8 Å². The summed E-state index contributed by atoms with van der Waals surface area (Å²) >= 11 is 1.61. The van der Waals surface area contributed by atoms with E-state index in [2.05, 4.69) is 85.6 Å². The first kappa shape index (κ1) is 24.1. The number of aromatic nitrogens is 2. The molecule has 0 amide bonds. The van der Waals surface area contributed by atoms with Crippen LogP contribution in [0.15, 0.2) is 76.7 Å². The number of nitrogens with zero attached hydrogens (tertiary/aromatic N) is 1. The van der Waals surface area contributed by atoms with E-state index >= 15 is 0 Å². The number of hydrogen-bond donors (Lipinski definition) is 1. The zero-order valence-corrected chi connectivity index (χ0v) is 21.7. The Balaban J connectivity index is 1.36. The highest BCUT2D eigenvalue weighted by atomic mass is 32.2. The number of fused-ring (bicyclic) bond motifs is 3. The Kier molecular flexibility index (Phi) is 7.29. The van der Waals surface area contributed by atoms with Crippen LogP contribution >= 0.6 is 11.8 Å². The number of H-pyrrole nitrogens is 1. The number of thioether (sulfide) groups is 1. The van der Waals surface area contributed by atoms with Crippen molar-refractivity contribution >= 4 is 11.8 Å². The predicted octanol–water partition coefficient (Wildman–Crippen LogP) is 7.67. The van der Waals surface area contributed by atoms with Crippen molar-refractivity contribution in [2.75, 3.05) is 5.75 Å². The molecule has 2 atom stereocenters. The quantitative estimate of drug-likeness (QED) is 0.213. The van der Waals surface area contributed by atoms with Gasteiger partial charge in [0.15, 0.2) is 5.16 Å². The number of allylic oxidation sites excluding steroid dienone is 1. The molecule has 0 unspecified atom stereocenters. The van der Waals surface area contributed by atoms with Crippen LogP contribution in [0.2, 0.25) is 0 Å². The molecule has 1 fully saturated rings. The molecule has 0 spiro atoms. The first-order valence-electron chi connectivity index (χ1n) is 13.1. The number of hydrogen-bond acceptors (Lipinski definition) is 3. The molecule has 2 aliphatic carbocycles. The maximum absolute atomic E-state index is 13.6. The van der Waals surface area contributed by atoms with Gasteiger partial charge in [0.1, 0.15) is 0 Å². The van der Waals surface area contributed by atoms with E-state index in [4.69, 9.17) is 4.98 Å². The first-order valence-corrected chi connectivity index (χ1v) is 14.1. The zero-order valence-electron chi connectivity index (χ0n) is 20.9. The fourth-order valence-corrected chi connectivity index (χ4v) is 6.85. The van der Waals surface area contributed by atoms with Crippen molar-refractivity contribution < 1.29 is 0 Å². The summed E-state index contributed by atoms with van der Waals surface area (Å²) in [6.07, 6.45) is 12.7. The second-order valence-electron chi connectivity index (χ2n) is 10.5. The largest absolute Gasteiger partial charge is 0.301 e. The molecular formula is C31H36N2OS. The normalized spacial score (nSPS) is 21.0. The molecule has 1 saturated carbocycles. The van der Waals surface area contributed by atoms with Gasteiger partial charge in [-0.05, 0) is 48.6 Å². The molecule has 0 saturated heterocycles. The third kappa shape index (κ3) is 5.04. The van der Waals surface area contributed by atoms with Gasteiger partial charge in [0.05, 0.1) is 11.3 Å². The second-order valence-corrected chi connectivity index (χ2v) is 11.5. The molecule has 1 N–H and O–H groups in total. The van der Waals surface area contributed by atoms with Gasteiger partial charge in [0, 0.05) is 16.7 Å². The van der Waals surface area contributed by atoms with Crippen LogP contribution in [0.1, 0.15) is 75.0 Å². The van der Waals surface area contributed by atoms with Gasteiger partial charge in [-0.15, -0.1) is 0 Å². The molecule has 0 bridgehead atoms. The highest BCUT2D eigenvalue weighted by Crippen LogP contribution is 2.48. The standard InChI is InChI=1S/C31H36N2OS/c1-22(23-14-5-3-6-15-23)13-11-12-20-35-30-32-28-26-19-10-9-16-24(26)21-31(2,27(28)29(34)33-30)25-17-7-4-8-18-25/h3,5-6,9-12,14-16,19,22,25H,4,7-8,13,17-18,20-21H2,1-2H3,(H,32,33,34)/b12-11+/t22-,31+/m1/s1. The lowest BCUT2D eigenvalue weighted by Crippen LogP contribution is -2.43. The molecule has 1 heterocycles. The van der Waals surface area contributed by atoms with Crippen molar-refractivity contribution in [2.45, 2.75) is 75.3 Å². The molecule has 0 aliphatic heterocycles. The summed E-state index contributed by atoms with van der Waals surface area (Å²) < 4.78 is 0. The third-order valence-electron chi connectivity index (χ3n) is 8.15. The molecule has 2 aliphatic rings. The van der Waals surface area contributed by atoms with Gasteiger partial charge in [0.25, 0.3) is 5.56 Å².